The Morgan fingerprint density at radius 2 is 2.00 bits per heavy atom. The highest BCUT2D eigenvalue weighted by Gasteiger charge is 1.90. The molecule has 0 aliphatic carbocycles. The highest BCUT2D eigenvalue weighted by atomic mass is 16.3. The number of rotatable bonds is 4. The average Bonchev–Trinajstić information content (AvgIpc) is 2.08. The minimum Gasteiger partial charge on any atom is -0.513 e. The van der Waals surface area contributed by atoms with E-state index in [0.717, 1.165) is 12.0 Å². The lowest BCUT2D eigenvalue weighted by Crippen LogP contribution is -1.99. The van der Waals surface area contributed by atoms with Gasteiger partial charge in [-0.3, -0.25) is 0 Å². The van der Waals surface area contributed by atoms with Crippen LogP contribution in [0.4, 0.5) is 0 Å². The zero-order chi connectivity index (χ0) is 10.7. The largest absolute Gasteiger partial charge is 0.513 e. The van der Waals surface area contributed by atoms with E-state index in [9.17, 15) is 0 Å². The summed E-state index contributed by atoms with van der Waals surface area (Å²) >= 11 is 0. The van der Waals surface area contributed by atoms with Crippen LogP contribution in [0.3, 0.4) is 0 Å². The van der Waals surface area contributed by atoms with Crippen molar-refractivity contribution < 1.29 is 5.11 Å². The smallest absolute Gasteiger partial charge is 0.0894 e. The standard InChI is InChI=1S/C9H15NO.C2H6/c1-3-4-9(5-6-10)7-8(2)11;1-2/h3-4,7,11H,1,5-6,10H2,2H3;1-2H3/b8-7+,9-4-;. The molecule has 0 atom stereocenters. The zero-order valence-electron chi connectivity index (χ0n) is 8.88. The van der Waals surface area contributed by atoms with E-state index in [1.807, 2.05) is 19.9 Å². The van der Waals surface area contributed by atoms with Crippen molar-refractivity contribution in [1.82, 2.24) is 0 Å². The number of hydrogen-bond acceptors (Lipinski definition) is 2. The lowest BCUT2D eigenvalue weighted by atomic mass is 10.1. The highest BCUT2D eigenvalue weighted by Crippen LogP contribution is 2.04. The van der Waals surface area contributed by atoms with Crippen molar-refractivity contribution in [2.45, 2.75) is 27.2 Å². The summed E-state index contributed by atoms with van der Waals surface area (Å²) < 4.78 is 0. The minimum absolute atomic E-state index is 0.298. The van der Waals surface area contributed by atoms with Crippen molar-refractivity contribution in [2.75, 3.05) is 6.54 Å². The number of aliphatic hydroxyl groups is 1. The van der Waals surface area contributed by atoms with Crippen LogP contribution in [0.1, 0.15) is 27.2 Å². The molecular formula is C11H21NO. The first kappa shape index (κ1) is 14.5. The third-order valence-electron chi connectivity index (χ3n) is 1.16. The Kier molecular flexibility index (Phi) is 12.2. The van der Waals surface area contributed by atoms with Crippen molar-refractivity contribution in [3.8, 4) is 0 Å². The van der Waals surface area contributed by atoms with Gasteiger partial charge in [0.15, 0.2) is 0 Å². The van der Waals surface area contributed by atoms with Gasteiger partial charge in [0.25, 0.3) is 0 Å². The van der Waals surface area contributed by atoms with Crippen molar-refractivity contribution in [1.29, 1.82) is 0 Å². The molecule has 0 rings (SSSR count). The Labute approximate surface area is 81.5 Å². The molecule has 0 unspecified atom stereocenters. The van der Waals surface area contributed by atoms with E-state index in [1.54, 1.807) is 19.1 Å². The van der Waals surface area contributed by atoms with Crippen LogP contribution in [0, 0.1) is 0 Å². The van der Waals surface area contributed by atoms with Crippen LogP contribution in [0.5, 0.6) is 0 Å². The van der Waals surface area contributed by atoms with Gasteiger partial charge in [0, 0.05) is 0 Å². The maximum atomic E-state index is 8.92. The van der Waals surface area contributed by atoms with E-state index in [0.29, 0.717) is 12.3 Å². The summed E-state index contributed by atoms with van der Waals surface area (Å²) in [6, 6.07) is 0. The summed E-state index contributed by atoms with van der Waals surface area (Å²) in [6.45, 7) is 9.78. The fourth-order valence-corrected chi connectivity index (χ4v) is 0.790. The summed E-state index contributed by atoms with van der Waals surface area (Å²) in [7, 11) is 0. The maximum Gasteiger partial charge on any atom is 0.0894 e. The fraction of sp³-hybridized carbons (Fsp3) is 0.455. The molecule has 2 nitrogen and oxygen atoms in total. The lowest BCUT2D eigenvalue weighted by molar-refractivity contribution is 0.413. The zero-order valence-corrected chi connectivity index (χ0v) is 8.88. The summed E-state index contributed by atoms with van der Waals surface area (Å²) in [5.74, 6) is 0.298. The Bertz CT molecular complexity index is 177. The molecule has 0 aliphatic heterocycles. The summed E-state index contributed by atoms with van der Waals surface area (Å²) in [5.41, 5.74) is 6.35. The van der Waals surface area contributed by atoms with E-state index in [1.165, 1.54) is 0 Å². The number of hydrogen-bond donors (Lipinski definition) is 2. The van der Waals surface area contributed by atoms with Gasteiger partial charge in [-0.1, -0.05) is 32.6 Å². The molecule has 13 heavy (non-hydrogen) atoms. The molecule has 0 bridgehead atoms. The molecule has 0 amide bonds. The second kappa shape index (κ2) is 11.0. The molecule has 0 aromatic heterocycles. The van der Waals surface area contributed by atoms with Crippen LogP contribution >= 0.6 is 0 Å². The van der Waals surface area contributed by atoms with Gasteiger partial charge in [-0.2, -0.15) is 0 Å². The van der Waals surface area contributed by atoms with Crippen molar-refractivity contribution in [3.63, 3.8) is 0 Å². The predicted molar refractivity (Wildman–Crippen MR) is 59.7 cm³/mol. The van der Waals surface area contributed by atoms with Gasteiger partial charge in [0.1, 0.15) is 0 Å². The van der Waals surface area contributed by atoms with Crippen LogP contribution in [-0.4, -0.2) is 11.7 Å². The molecule has 2 heteroatoms. The van der Waals surface area contributed by atoms with Gasteiger partial charge in [-0.15, -0.1) is 0 Å². The summed E-state index contributed by atoms with van der Waals surface area (Å²) in [5, 5.41) is 8.92. The van der Waals surface area contributed by atoms with Crippen LogP contribution in [0.25, 0.3) is 0 Å². The summed E-state index contributed by atoms with van der Waals surface area (Å²) in [6.07, 6.45) is 5.98. The van der Waals surface area contributed by atoms with Crippen molar-refractivity contribution in [3.05, 3.63) is 36.1 Å². The molecule has 0 radical (unpaired) electrons. The third-order valence-corrected chi connectivity index (χ3v) is 1.16. The second-order valence-electron chi connectivity index (χ2n) is 2.30. The van der Waals surface area contributed by atoms with Crippen LogP contribution in [0.2, 0.25) is 0 Å². The topological polar surface area (TPSA) is 46.2 Å². The van der Waals surface area contributed by atoms with Gasteiger partial charge >= 0.3 is 0 Å². The minimum atomic E-state index is 0.298. The molecule has 0 spiro atoms. The van der Waals surface area contributed by atoms with E-state index in [-0.39, 0.29) is 0 Å². The molecule has 76 valence electrons. The predicted octanol–water partition coefficient (Wildman–Crippen LogP) is 2.94. The van der Waals surface area contributed by atoms with Crippen molar-refractivity contribution >= 4 is 0 Å². The van der Waals surface area contributed by atoms with Gasteiger partial charge in [0.2, 0.25) is 0 Å². The molecule has 0 aromatic carbocycles. The molecule has 0 aromatic rings. The Morgan fingerprint density at radius 1 is 1.46 bits per heavy atom. The SMILES string of the molecule is C=C/C=C(\C=C(/C)O)CCN.CC. The normalized spacial score (nSPS) is 11.7. The Morgan fingerprint density at radius 3 is 2.31 bits per heavy atom. The van der Waals surface area contributed by atoms with Gasteiger partial charge in [0.05, 0.1) is 5.76 Å². The van der Waals surface area contributed by atoms with Crippen LogP contribution < -0.4 is 5.73 Å². The molecule has 0 fully saturated rings. The van der Waals surface area contributed by atoms with Crippen LogP contribution in [0.15, 0.2) is 36.1 Å². The third kappa shape index (κ3) is 11.0. The molecule has 0 saturated heterocycles. The second-order valence-corrected chi connectivity index (χ2v) is 2.30. The first-order chi connectivity index (χ1) is 6.20. The Hall–Kier alpha value is -1.02. The number of nitrogens with two attached hydrogens (primary N) is 1. The molecule has 0 saturated carbocycles. The number of allylic oxidation sites excluding steroid dienone is 4. The first-order valence-corrected chi connectivity index (χ1v) is 4.59. The van der Waals surface area contributed by atoms with E-state index < -0.39 is 0 Å². The lowest BCUT2D eigenvalue weighted by Gasteiger charge is -1.97. The molecule has 3 N–H and O–H groups in total. The van der Waals surface area contributed by atoms with Gasteiger partial charge in [-0.05, 0) is 31.5 Å². The van der Waals surface area contributed by atoms with Gasteiger partial charge in [-0.25, -0.2) is 0 Å². The fourth-order valence-electron chi connectivity index (χ4n) is 0.790. The van der Waals surface area contributed by atoms with Crippen molar-refractivity contribution in [2.24, 2.45) is 5.73 Å². The Balaban J connectivity index is 0. The average molecular weight is 183 g/mol. The van der Waals surface area contributed by atoms with Gasteiger partial charge < -0.3 is 10.8 Å². The van der Waals surface area contributed by atoms with Crippen LogP contribution in [-0.2, 0) is 0 Å². The van der Waals surface area contributed by atoms with E-state index in [2.05, 4.69) is 6.58 Å². The molecule has 0 aliphatic rings. The monoisotopic (exact) mass is 183 g/mol. The number of aliphatic hydroxyl groups excluding tert-OH is 1. The first-order valence-electron chi connectivity index (χ1n) is 4.59. The summed E-state index contributed by atoms with van der Waals surface area (Å²) in [4.78, 5) is 0. The molecular weight excluding hydrogens is 162 g/mol. The molecule has 0 heterocycles. The van der Waals surface area contributed by atoms with E-state index in [4.69, 9.17) is 10.8 Å². The quantitative estimate of drug-likeness (QED) is 0.520. The maximum absolute atomic E-state index is 8.92. The van der Waals surface area contributed by atoms with E-state index >= 15 is 0 Å². The highest BCUT2D eigenvalue weighted by molar-refractivity contribution is 5.24.